The van der Waals surface area contributed by atoms with Gasteiger partial charge in [-0.05, 0) is 48.0 Å². The van der Waals surface area contributed by atoms with Gasteiger partial charge in [0, 0.05) is 35.9 Å². The summed E-state index contributed by atoms with van der Waals surface area (Å²) in [5, 5.41) is 6.92. The number of guanidine groups is 1. The highest BCUT2D eigenvalue weighted by Crippen LogP contribution is 2.39. The van der Waals surface area contributed by atoms with E-state index in [0.29, 0.717) is 6.54 Å². The first-order valence-electron chi connectivity index (χ1n) is 9.32. The van der Waals surface area contributed by atoms with Crippen LogP contribution in [-0.2, 0) is 6.54 Å². The Bertz CT molecular complexity index is 1030. The molecule has 1 unspecified atom stereocenters. The molecule has 0 saturated carbocycles. The van der Waals surface area contributed by atoms with Gasteiger partial charge in [-0.25, -0.2) is 4.98 Å². The Morgan fingerprint density at radius 2 is 2.07 bits per heavy atom. The maximum Gasteiger partial charge on any atom is 0.191 e. The average molecular weight is 570 g/mol. The fourth-order valence-corrected chi connectivity index (χ4v) is 3.92. The van der Waals surface area contributed by atoms with Gasteiger partial charge in [-0.2, -0.15) is 0 Å². The standard InChI is InChI=1S/C21H24BrN5O.HI/c1-21(2)10-17(16-6-4-5-7-18(16)28-21)26-20(23-3)24-11-15-13-27-12-14(22)8-9-19(27)25-15;/h4-9,12-13,17H,10-11H2,1-3H3,(H2,23,24,26);1H. The Morgan fingerprint density at radius 1 is 1.28 bits per heavy atom. The normalized spacial score (nSPS) is 17.8. The molecule has 0 radical (unpaired) electrons. The lowest BCUT2D eigenvalue weighted by atomic mass is 9.90. The molecule has 0 amide bonds. The van der Waals surface area contributed by atoms with Crippen molar-refractivity contribution < 1.29 is 4.74 Å². The van der Waals surface area contributed by atoms with E-state index in [0.717, 1.165) is 39.5 Å². The molecule has 3 aromatic rings. The Morgan fingerprint density at radius 3 is 2.86 bits per heavy atom. The van der Waals surface area contributed by atoms with E-state index in [-0.39, 0.29) is 35.6 Å². The molecule has 29 heavy (non-hydrogen) atoms. The predicted molar refractivity (Wildman–Crippen MR) is 130 cm³/mol. The number of ether oxygens (including phenoxy) is 1. The monoisotopic (exact) mass is 569 g/mol. The highest BCUT2D eigenvalue weighted by molar-refractivity contribution is 14.0. The maximum absolute atomic E-state index is 6.12. The van der Waals surface area contributed by atoms with Crippen LogP contribution in [0.3, 0.4) is 0 Å². The summed E-state index contributed by atoms with van der Waals surface area (Å²) in [5.74, 6) is 1.67. The number of fused-ring (bicyclic) bond motifs is 2. The molecule has 1 aliphatic rings. The molecule has 154 valence electrons. The molecule has 1 atom stereocenters. The molecule has 0 spiro atoms. The second kappa shape index (κ2) is 8.91. The number of aliphatic imine (C=N–C) groups is 1. The number of aromatic nitrogens is 2. The fourth-order valence-electron chi connectivity index (χ4n) is 3.57. The van der Waals surface area contributed by atoms with Crippen molar-refractivity contribution in [1.82, 2.24) is 20.0 Å². The van der Waals surface area contributed by atoms with Crippen molar-refractivity contribution in [1.29, 1.82) is 0 Å². The average Bonchev–Trinajstić information content (AvgIpc) is 3.06. The summed E-state index contributed by atoms with van der Waals surface area (Å²) in [7, 11) is 1.78. The molecule has 0 aliphatic carbocycles. The lowest BCUT2D eigenvalue weighted by Gasteiger charge is -2.38. The second-order valence-corrected chi connectivity index (χ2v) is 8.49. The van der Waals surface area contributed by atoms with Gasteiger partial charge in [0.2, 0.25) is 0 Å². The summed E-state index contributed by atoms with van der Waals surface area (Å²) in [6, 6.07) is 12.3. The van der Waals surface area contributed by atoms with E-state index < -0.39 is 0 Å². The summed E-state index contributed by atoms with van der Waals surface area (Å²) in [6.07, 6.45) is 4.88. The minimum atomic E-state index is -0.236. The summed E-state index contributed by atoms with van der Waals surface area (Å²) in [6.45, 7) is 4.82. The molecule has 1 aliphatic heterocycles. The molecule has 0 saturated heterocycles. The van der Waals surface area contributed by atoms with Crippen molar-refractivity contribution >= 4 is 51.5 Å². The van der Waals surface area contributed by atoms with Crippen molar-refractivity contribution in [3.63, 3.8) is 0 Å². The molecule has 8 heteroatoms. The zero-order chi connectivity index (χ0) is 19.7. The van der Waals surface area contributed by atoms with Crippen LogP contribution in [0.4, 0.5) is 0 Å². The number of hydrogen-bond acceptors (Lipinski definition) is 3. The number of para-hydroxylation sites is 1. The predicted octanol–water partition coefficient (Wildman–Crippen LogP) is 4.68. The Balaban J connectivity index is 0.00000240. The van der Waals surface area contributed by atoms with Gasteiger partial charge in [-0.3, -0.25) is 4.99 Å². The number of halogens is 2. The first kappa shape index (κ1) is 21.9. The van der Waals surface area contributed by atoms with E-state index in [1.165, 1.54) is 0 Å². The first-order valence-corrected chi connectivity index (χ1v) is 10.1. The number of benzene rings is 1. The van der Waals surface area contributed by atoms with Gasteiger partial charge in [-0.15, -0.1) is 24.0 Å². The van der Waals surface area contributed by atoms with Crippen LogP contribution < -0.4 is 15.4 Å². The molecule has 3 heterocycles. The molecule has 0 bridgehead atoms. The van der Waals surface area contributed by atoms with E-state index in [9.17, 15) is 0 Å². The van der Waals surface area contributed by atoms with Gasteiger partial charge < -0.3 is 19.8 Å². The quantitative estimate of drug-likeness (QED) is 0.273. The summed E-state index contributed by atoms with van der Waals surface area (Å²) >= 11 is 3.49. The van der Waals surface area contributed by atoms with E-state index in [2.05, 4.69) is 56.5 Å². The van der Waals surface area contributed by atoms with Crippen molar-refractivity contribution in [2.24, 2.45) is 4.99 Å². The Labute approximate surface area is 196 Å². The van der Waals surface area contributed by atoms with E-state index in [1.807, 2.05) is 47.1 Å². The summed E-state index contributed by atoms with van der Waals surface area (Å²) < 4.78 is 9.15. The van der Waals surface area contributed by atoms with Crippen LogP contribution >= 0.6 is 39.9 Å². The topological polar surface area (TPSA) is 63.0 Å². The minimum absolute atomic E-state index is 0. The minimum Gasteiger partial charge on any atom is -0.487 e. The highest BCUT2D eigenvalue weighted by Gasteiger charge is 2.33. The van der Waals surface area contributed by atoms with Crippen LogP contribution in [0, 0.1) is 0 Å². The van der Waals surface area contributed by atoms with Crippen LogP contribution in [0.15, 0.2) is 58.3 Å². The van der Waals surface area contributed by atoms with Crippen molar-refractivity contribution in [2.75, 3.05) is 7.05 Å². The van der Waals surface area contributed by atoms with Gasteiger partial charge in [0.15, 0.2) is 5.96 Å². The fraction of sp³-hybridized carbons (Fsp3) is 0.333. The van der Waals surface area contributed by atoms with Gasteiger partial charge in [0.25, 0.3) is 0 Å². The highest BCUT2D eigenvalue weighted by atomic mass is 127. The van der Waals surface area contributed by atoms with Crippen molar-refractivity contribution in [3.05, 3.63) is 64.5 Å². The molecular weight excluding hydrogens is 545 g/mol. The van der Waals surface area contributed by atoms with Crippen LogP contribution in [0.2, 0.25) is 0 Å². The molecule has 0 fully saturated rings. The number of nitrogens with one attached hydrogen (secondary N) is 2. The molecule has 1 aromatic carbocycles. The number of nitrogens with zero attached hydrogens (tertiary/aromatic N) is 3. The number of imidazole rings is 1. The zero-order valence-electron chi connectivity index (χ0n) is 16.6. The second-order valence-electron chi connectivity index (χ2n) is 7.57. The lowest BCUT2D eigenvalue weighted by Crippen LogP contribution is -2.45. The van der Waals surface area contributed by atoms with E-state index >= 15 is 0 Å². The summed E-state index contributed by atoms with van der Waals surface area (Å²) in [4.78, 5) is 9.04. The molecule has 2 N–H and O–H groups in total. The van der Waals surface area contributed by atoms with Gasteiger partial charge >= 0.3 is 0 Å². The smallest absolute Gasteiger partial charge is 0.191 e. The van der Waals surface area contributed by atoms with Crippen LogP contribution in [0.5, 0.6) is 5.75 Å². The lowest BCUT2D eigenvalue weighted by molar-refractivity contribution is 0.0694. The van der Waals surface area contributed by atoms with Gasteiger partial charge in [-0.1, -0.05) is 18.2 Å². The molecule has 4 rings (SSSR count). The van der Waals surface area contributed by atoms with Crippen LogP contribution in [0.25, 0.3) is 5.65 Å². The largest absolute Gasteiger partial charge is 0.487 e. The third kappa shape index (κ3) is 5.03. The number of pyridine rings is 1. The van der Waals surface area contributed by atoms with Gasteiger partial charge in [0.05, 0.1) is 18.3 Å². The summed E-state index contributed by atoms with van der Waals surface area (Å²) in [5.41, 5.74) is 2.79. The Kier molecular flexibility index (Phi) is 6.72. The first-order chi connectivity index (χ1) is 13.4. The third-order valence-corrected chi connectivity index (χ3v) is 5.28. The van der Waals surface area contributed by atoms with Crippen molar-refractivity contribution in [2.45, 2.75) is 38.5 Å². The maximum atomic E-state index is 6.12. The molecular formula is C21H25BrIN5O. The molecule has 2 aromatic heterocycles. The van der Waals surface area contributed by atoms with Crippen LogP contribution in [0.1, 0.15) is 37.6 Å². The number of hydrogen-bond donors (Lipinski definition) is 2. The number of rotatable bonds is 3. The third-order valence-electron chi connectivity index (χ3n) is 4.81. The van der Waals surface area contributed by atoms with Crippen molar-refractivity contribution in [3.8, 4) is 5.75 Å². The van der Waals surface area contributed by atoms with Crippen LogP contribution in [-0.4, -0.2) is 28.0 Å². The molecule has 6 nitrogen and oxygen atoms in total. The van der Waals surface area contributed by atoms with Gasteiger partial charge in [0.1, 0.15) is 17.0 Å². The zero-order valence-corrected chi connectivity index (χ0v) is 20.6. The Hall–Kier alpha value is -1.81. The van der Waals surface area contributed by atoms with E-state index in [1.54, 1.807) is 7.05 Å². The van der Waals surface area contributed by atoms with E-state index in [4.69, 9.17) is 4.74 Å². The SMILES string of the molecule is CN=C(NCc1cn2cc(Br)ccc2n1)NC1CC(C)(C)Oc2ccccc21.I.